The molecule has 2 aliphatic rings. The number of carboxylic acid groups (broad SMARTS) is 1. The molecule has 1 unspecified atom stereocenters. The normalized spacial score (nSPS) is 19.8. The minimum absolute atomic E-state index is 0.165. The molecule has 1 atom stereocenters. The van der Waals surface area contributed by atoms with E-state index in [-0.39, 0.29) is 12.3 Å². The van der Waals surface area contributed by atoms with Crippen molar-refractivity contribution < 1.29 is 14.6 Å². The van der Waals surface area contributed by atoms with Crippen LogP contribution in [-0.2, 0) is 11.2 Å². The Kier molecular flexibility index (Phi) is 2.98. The Morgan fingerprint density at radius 2 is 2.28 bits per heavy atom. The first-order valence-corrected chi connectivity index (χ1v) is 6.71. The van der Waals surface area contributed by atoms with Crippen molar-refractivity contribution in [2.75, 3.05) is 6.61 Å². The Balaban J connectivity index is 1.87. The first-order valence-electron chi connectivity index (χ1n) is 6.71. The average molecular weight is 246 g/mol. The number of carbonyl (C=O) groups is 1. The number of rotatable bonds is 4. The van der Waals surface area contributed by atoms with Crippen molar-refractivity contribution >= 4 is 5.97 Å². The molecule has 1 aliphatic carbocycles. The maximum absolute atomic E-state index is 11.0. The predicted octanol–water partition coefficient (Wildman–Crippen LogP) is 2.98. The summed E-state index contributed by atoms with van der Waals surface area (Å²) in [5.74, 6) is 0.987. The molecular formula is C15H18O3. The van der Waals surface area contributed by atoms with E-state index in [0.717, 1.165) is 43.6 Å². The largest absolute Gasteiger partial charge is 0.493 e. The summed E-state index contributed by atoms with van der Waals surface area (Å²) in [5.41, 5.74) is 2.40. The molecule has 96 valence electrons. The molecule has 1 heterocycles. The van der Waals surface area contributed by atoms with Gasteiger partial charge in [-0.2, -0.15) is 0 Å². The molecule has 1 saturated carbocycles. The molecular weight excluding hydrogens is 228 g/mol. The van der Waals surface area contributed by atoms with Crippen LogP contribution in [0.1, 0.15) is 42.7 Å². The molecule has 0 radical (unpaired) electrons. The Bertz CT molecular complexity index is 463. The number of benzene rings is 1. The van der Waals surface area contributed by atoms with Crippen LogP contribution in [0.3, 0.4) is 0 Å². The minimum Gasteiger partial charge on any atom is -0.493 e. The molecule has 3 rings (SSSR count). The summed E-state index contributed by atoms with van der Waals surface area (Å²) in [4.78, 5) is 11.0. The van der Waals surface area contributed by atoms with Crippen molar-refractivity contribution in [2.45, 2.75) is 38.0 Å². The molecule has 18 heavy (non-hydrogen) atoms. The smallest absolute Gasteiger partial charge is 0.303 e. The molecule has 0 bridgehead atoms. The van der Waals surface area contributed by atoms with Gasteiger partial charge in [0.05, 0.1) is 13.0 Å². The van der Waals surface area contributed by atoms with Crippen molar-refractivity contribution in [3.05, 3.63) is 29.3 Å². The van der Waals surface area contributed by atoms with Crippen LogP contribution in [0.5, 0.6) is 5.75 Å². The molecule has 1 fully saturated rings. The van der Waals surface area contributed by atoms with Gasteiger partial charge in [-0.1, -0.05) is 12.1 Å². The highest BCUT2D eigenvalue weighted by Crippen LogP contribution is 2.45. The molecule has 1 aromatic rings. The monoisotopic (exact) mass is 246 g/mol. The second-order valence-electron chi connectivity index (χ2n) is 5.36. The molecule has 1 aromatic carbocycles. The van der Waals surface area contributed by atoms with Gasteiger partial charge in [0, 0.05) is 0 Å². The maximum Gasteiger partial charge on any atom is 0.303 e. The summed E-state index contributed by atoms with van der Waals surface area (Å²) < 4.78 is 5.67. The average Bonchev–Trinajstić information content (AvgIpc) is 3.19. The van der Waals surface area contributed by atoms with Crippen LogP contribution in [0.15, 0.2) is 18.2 Å². The Labute approximate surface area is 107 Å². The molecule has 0 spiro atoms. The summed E-state index contributed by atoms with van der Waals surface area (Å²) in [6.07, 6.45) is 4.71. The molecule has 3 nitrogen and oxygen atoms in total. The molecule has 3 heteroatoms. The molecule has 1 aliphatic heterocycles. The number of fused-ring (bicyclic) bond motifs is 1. The van der Waals surface area contributed by atoms with E-state index in [9.17, 15) is 4.79 Å². The standard InChI is InChI=1S/C15H18O3/c16-15(17)9-13(10-3-4-10)12-6-5-11-2-1-7-18-14(11)8-12/h5-6,8,10,13H,1-4,7,9H2,(H,16,17). The van der Waals surface area contributed by atoms with E-state index in [4.69, 9.17) is 9.84 Å². The molecule has 0 aromatic heterocycles. The number of carboxylic acids is 1. The van der Waals surface area contributed by atoms with Gasteiger partial charge in [0.25, 0.3) is 0 Å². The summed E-state index contributed by atoms with van der Waals surface area (Å²) in [5, 5.41) is 9.03. The van der Waals surface area contributed by atoms with E-state index < -0.39 is 5.97 Å². The van der Waals surface area contributed by atoms with Crippen LogP contribution in [0.25, 0.3) is 0 Å². The summed E-state index contributed by atoms with van der Waals surface area (Å²) in [6, 6.07) is 6.28. The molecule has 0 amide bonds. The van der Waals surface area contributed by atoms with Gasteiger partial charge in [0.15, 0.2) is 0 Å². The summed E-state index contributed by atoms with van der Waals surface area (Å²) in [6.45, 7) is 0.781. The van der Waals surface area contributed by atoms with E-state index in [0.29, 0.717) is 5.92 Å². The SMILES string of the molecule is O=C(O)CC(c1ccc2c(c1)OCCC2)C1CC1. The first-order chi connectivity index (χ1) is 8.74. The number of aliphatic carboxylic acids is 1. The Morgan fingerprint density at radius 1 is 1.44 bits per heavy atom. The highest BCUT2D eigenvalue weighted by molar-refractivity contribution is 5.68. The third-order valence-electron chi connectivity index (χ3n) is 3.95. The number of ether oxygens (including phenoxy) is 1. The van der Waals surface area contributed by atoms with Crippen molar-refractivity contribution in [3.63, 3.8) is 0 Å². The number of aryl methyl sites for hydroxylation is 1. The van der Waals surface area contributed by atoms with Crippen LogP contribution in [0, 0.1) is 5.92 Å². The van der Waals surface area contributed by atoms with Crippen molar-refractivity contribution in [3.8, 4) is 5.75 Å². The van der Waals surface area contributed by atoms with E-state index in [1.54, 1.807) is 0 Å². The molecule has 1 N–H and O–H groups in total. The fourth-order valence-corrected chi connectivity index (χ4v) is 2.83. The van der Waals surface area contributed by atoms with E-state index >= 15 is 0 Å². The second kappa shape index (κ2) is 4.63. The fourth-order valence-electron chi connectivity index (χ4n) is 2.83. The van der Waals surface area contributed by atoms with Crippen molar-refractivity contribution in [1.29, 1.82) is 0 Å². The van der Waals surface area contributed by atoms with E-state index in [1.165, 1.54) is 5.56 Å². The van der Waals surface area contributed by atoms with E-state index in [2.05, 4.69) is 18.2 Å². The van der Waals surface area contributed by atoms with Gasteiger partial charge in [-0.3, -0.25) is 4.79 Å². The van der Waals surface area contributed by atoms with Crippen molar-refractivity contribution in [2.24, 2.45) is 5.92 Å². The van der Waals surface area contributed by atoms with Gasteiger partial charge in [0.2, 0.25) is 0 Å². The minimum atomic E-state index is -0.703. The van der Waals surface area contributed by atoms with E-state index in [1.807, 2.05) is 0 Å². The first kappa shape index (κ1) is 11.6. The maximum atomic E-state index is 11.0. The lowest BCUT2D eigenvalue weighted by Crippen LogP contribution is -2.11. The fraction of sp³-hybridized carbons (Fsp3) is 0.533. The van der Waals surface area contributed by atoms with Gasteiger partial charge in [-0.15, -0.1) is 0 Å². The van der Waals surface area contributed by atoms with Gasteiger partial charge in [-0.05, 0) is 54.7 Å². The van der Waals surface area contributed by atoms with Crippen LogP contribution in [0.4, 0.5) is 0 Å². The van der Waals surface area contributed by atoms with Gasteiger partial charge < -0.3 is 9.84 Å². The van der Waals surface area contributed by atoms with Crippen molar-refractivity contribution in [1.82, 2.24) is 0 Å². The zero-order chi connectivity index (χ0) is 12.5. The second-order valence-corrected chi connectivity index (χ2v) is 5.36. The van der Waals surface area contributed by atoms with Crippen LogP contribution >= 0.6 is 0 Å². The van der Waals surface area contributed by atoms with Crippen LogP contribution < -0.4 is 4.74 Å². The highest BCUT2D eigenvalue weighted by Gasteiger charge is 2.34. The molecule has 0 saturated heterocycles. The predicted molar refractivity (Wildman–Crippen MR) is 68.0 cm³/mol. The quantitative estimate of drug-likeness (QED) is 0.888. The lowest BCUT2D eigenvalue weighted by molar-refractivity contribution is -0.137. The van der Waals surface area contributed by atoms with Crippen LogP contribution in [-0.4, -0.2) is 17.7 Å². The topological polar surface area (TPSA) is 46.5 Å². The third kappa shape index (κ3) is 2.35. The van der Waals surface area contributed by atoms with Gasteiger partial charge >= 0.3 is 5.97 Å². The Morgan fingerprint density at radius 3 is 3.00 bits per heavy atom. The highest BCUT2D eigenvalue weighted by atomic mass is 16.5. The lowest BCUT2D eigenvalue weighted by Gasteiger charge is -2.21. The lowest BCUT2D eigenvalue weighted by atomic mass is 9.89. The van der Waals surface area contributed by atoms with Crippen LogP contribution in [0.2, 0.25) is 0 Å². The van der Waals surface area contributed by atoms with Gasteiger partial charge in [-0.25, -0.2) is 0 Å². The zero-order valence-electron chi connectivity index (χ0n) is 10.4. The zero-order valence-corrected chi connectivity index (χ0v) is 10.4. The number of hydrogen-bond donors (Lipinski definition) is 1. The van der Waals surface area contributed by atoms with Gasteiger partial charge in [0.1, 0.15) is 5.75 Å². The third-order valence-corrected chi connectivity index (χ3v) is 3.95. The summed E-state index contributed by atoms with van der Waals surface area (Å²) in [7, 11) is 0. The Hall–Kier alpha value is -1.51. The number of hydrogen-bond acceptors (Lipinski definition) is 2. The summed E-state index contributed by atoms with van der Waals surface area (Å²) >= 11 is 0.